The average molecular weight is 464 g/mol. The van der Waals surface area contributed by atoms with Gasteiger partial charge in [0.25, 0.3) is 0 Å². The number of carboxylic acids is 2. The van der Waals surface area contributed by atoms with Crippen LogP contribution in [0.5, 0.6) is 5.75 Å². The number of hydrogen-bond donors (Lipinski definition) is 2. The average Bonchev–Trinajstić information content (AvgIpc) is 2.88. The summed E-state index contributed by atoms with van der Waals surface area (Å²) in [5.41, 5.74) is 2.92. The molecule has 0 spiro atoms. The number of hydrogen-bond acceptors (Lipinski definition) is 6. The molecule has 0 saturated carbocycles. The maximum absolute atomic E-state index is 9.10. The zero-order valence-corrected chi connectivity index (χ0v) is 19.4. The summed E-state index contributed by atoms with van der Waals surface area (Å²) in [6, 6.07) is 18.7. The quantitative estimate of drug-likeness (QED) is 0.553. The van der Waals surface area contributed by atoms with Crippen molar-refractivity contribution in [2.75, 3.05) is 44.7 Å². The molecule has 1 aromatic heterocycles. The highest BCUT2D eigenvalue weighted by Crippen LogP contribution is 2.31. The van der Waals surface area contributed by atoms with Gasteiger partial charge in [0.2, 0.25) is 0 Å². The Kier molecular flexibility index (Phi) is 8.21. The van der Waals surface area contributed by atoms with Crippen molar-refractivity contribution in [2.45, 2.75) is 6.92 Å². The summed E-state index contributed by atoms with van der Waals surface area (Å²) in [6.45, 7) is 11.8. The third-order valence-corrected chi connectivity index (χ3v) is 5.77. The maximum Gasteiger partial charge on any atom is 0.414 e. The van der Waals surface area contributed by atoms with E-state index in [0.717, 1.165) is 61.1 Å². The number of fused-ring (bicyclic) bond motifs is 1. The van der Waals surface area contributed by atoms with Gasteiger partial charge >= 0.3 is 11.9 Å². The minimum atomic E-state index is -1.82. The van der Waals surface area contributed by atoms with Crippen LogP contribution in [0.4, 0.5) is 5.82 Å². The molecule has 8 heteroatoms. The molecule has 0 amide bonds. The van der Waals surface area contributed by atoms with E-state index in [2.05, 4.69) is 53.6 Å². The molecule has 8 nitrogen and oxygen atoms in total. The first-order chi connectivity index (χ1) is 16.3. The fourth-order valence-corrected chi connectivity index (χ4v) is 3.79. The number of aromatic nitrogens is 1. The molecule has 2 N–H and O–H groups in total. The Morgan fingerprint density at radius 3 is 2.18 bits per heavy atom. The lowest BCUT2D eigenvalue weighted by Gasteiger charge is -2.35. The normalized spacial score (nSPS) is 13.6. The second-order valence-corrected chi connectivity index (χ2v) is 7.79. The highest BCUT2D eigenvalue weighted by atomic mass is 16.5. The summed E-state index contributed by atoms with van der Waals surface area (Å²) in [5.74, 6) is -1.74. The molecule has 0 atom stereocenters. The van der Waals surface area contributed by atoms with Crippen molar-refractivity contribution >= 4 is 34.1 Å². The Balaban J connectivity index is 0.000000481. The summed E-state index contributed by atoms with van der Waals surface area (Å²) >= 11 is 0. The molecule has 1 fully saturated rings. The molecule has 1 saturated heterocycles. The van der Waals surface area contributed by atoms with Crippen molar-refractivity contribution < 1.29 is 24.5 Å². The number of methoxy groups -OCH3 is 1. The Hall–Kier alpha value is -3.91. The van der Waals surface area contributed by atoms with Gasteiger partial charge in [-0.1, -0.05) is 49.9 Å². The Morgan fingerprint density at radius 2 is 1.62 bits per heavy atom. The third-order valence-electron chi connectivity index (χ3n) is 5.77. The molecular weight excluding hydrogens is 434 g/mol. The zero-order chi connectivity index (χ0) is 24.7. The van der Waals surface area contributed by atoms with E-state index in [4.69, 9.17) is 29.5 Å². The molecule has 3 aromatic rings. The van der Waals surface area contributed by atoms with Crippen LogP contribution in [0.15, 0.2) is 61.2 Å². The summed E-state index contributed by atoms with van der Waals surface area (Å²) in [5, 5.41) is 17.2. The SMILES string of the molecule is C=C(c1ccc(OC)cc1)c1cc2ccccc2c(N2CCN(CC)CC2)n1.O=C(O)C(=O)O. The van der Waals surface area contributed by atoms with Crippen LogP contribution in [0, 0.1) is 0 Å². The van der Waals surface area contributed by atoms with Crippen molar-refractivity contribution in [3.05, 3.63) is 72.4 Å². The second kappa shape index (κ2) is 11.3. The number of pyridine rings is 1. The number of piperazine rings is 1. The number of anilines is 1. The minimum absolute atomic E-state index is 0.845. The molecule has 0 aliphatic carbocycles. The summed E-state index contributed by atoms with van der Waals surface area (Å²) in [6.07, 6.45) is 0. The Bertz CT molecular complexity index is 1160. The van der Waals surface area contributed by atoms with Crippen molar-refractivity contribution in [3.63, 3.8) is 0 Å². The molecule has 4 rings (SSSR count). The van der Waals surface area contributed by atoms with E-state index >= 15 is 0 Å². The Labute approximate surface area is 198 Å². The highest BCUT2D eigenvalue weighted by molar-refractivity contribution is 6.27. The maximum atomic E-state index is 9.10. The summed E-state index contributed by atoms with van der Waals surface area (Å²) in [7, 11) is 1.68. The van der Waals surface area contributed by atoms with Crippen molar-refractivity contribution in [2.24, 2.45) is 0 Å². The van der Waals surface area contributed by atoms with Crippen LogP contribution >= 0.6 is 0 Å². The van der Waals surface area contributed by atoms with E-state index < -0.39 is 11.9 Å². The number of ether oxygens (including phenoxy) is 1. The van der Waals surface area contributed by atoms with Gasteiger partial charge < -0.3 is 24.7 Å². The topological polar surface area (TPSA) is 103 Å². The van der Waals surface area contributed by atoms with Gasteiger partial charge in [0.1, 0.15) is 11.6 Å². The minimum Gasteiger partial charge on any atom is -0.497 e. The molecule has 0 bridgehead atoms. The standard InChI is InChI=1S/C24H27N3O.C2H2O4/c1-4-26-13-15-27(16-14-26)24-22-8-6-5-7-20(22)17-23(25-24)18(2)19-9-11-21(28-3)12-10-19;3-1(4)2(5)6/h5-12,17H,2,4,13-16H2,1,3H3;(H,3,4)(H,5,6). The number of rotatable bonds is 5. The molecular formula is C26H29N3O5. The molecule has 0 unspecified atom stereocenters. The van der Waals surface area contributed by atoms with Crippen molar-refractivity contribution in [3.8, 4) is 5.75 Å². The van der Waals surface area contributed by atoms with Gasteiger partial charge in [-0.05, 0) is 35.7 Å². The van der Waals surface area contributed by atoms with Gasteiger partial charge in [-0.25, -0.2) is 14.6 Å². The van der Waals surface area contributed by atoms with Crippen LogP contribution in [0.1, 0.15) is 18.2 Å². The predicted octanol–water partition coefficient (Wildman–Crippen LogP) is 3.60. The van der Waals surface area contributed by atoms with Crippen LogP contribution in [0.3, 0.4) is 0 Å². The number of benzene rings is 2. The first-order valence-electron chi connectivity index (χ1n) is 11.0. The van der Waals surface area contributed by atoms with Crippen LogP contribution < -0.4 is 9.64 Å². The molecule has 34 heavy (non-hydrogen) atoms. The van der Waals surface area contributed by atoms with Gasteiger partial charge in [-0.3, -0.25) is 0 Å². The molecule has 2 aromatic carbocycles. The largest absolute Gasteiger partial charge is 0.497 e. The van der Waals surface area contributed by atoms with E-state index in [-0.39, 0.29) is 0 Å². The third kappa shape index (κ3) is 5.90. The van der Waals surface area contributed by atoms with Crippen molar-refractivity contribution in [1.82, 2.24) is 9.88 Å². The molecule has 2 heterocycles. The van der Waals surface area contributed by atoms with Crippen LogP contribution in [0.2, 0.25) is 0 Å². The van der Waals surface area contributed by atoms with Crippen LogP contribution in [-0.2, 0) is 9.59 Å². The number of likely N-dealkylation sites (N-methyl/N-ethyl adjacent to an activating group) is 1. The monoisotopic (exact) mass is 463 g/mol. The first-order valence-corrected chi connectivity index (χ1v) is 11.0. The summed E-state index contributed by atoms with van der Waals surface area (Å²) < 4.78 is 5.27. The summed E-state index contributed by atoms with van der Waals surface area (Å²) in [4.78, 5) is 28.2. The van der Waals surface area contributed by atoms with E-state index in [1.54, 1.807) is 7.11 Å². The zero-order valence-electron chi connectivity index (χ0n) is 19.4. The number of carboxylic acid groups (broad SMARTS) is 2. The lowest BCUT2D eigenvalue weighted by Crippen LogP contribution is -2.46. The van der Waals surface area contributed by atoms with E-state index in [9.17, 15) is 0 Å². The highest BCUT2D eigenvalue weighted by Gasteiger charge is 2.20. The molecule has 178 valence electrons. The molecule has 1 aliphatic heterocycles. The molecule has 1 aliphatic rings. The fraction of sp³-hybridized carbons (Fsp3) is 0.269. The first kappa shape index (κ1) is 24.7. The number of nitrogens with zero attached hydrogens (tertiary/aromatic N) is 3. The van der Waals surface area contributed by atoms with E-state index in [1.807, 2.05) is 24.3 Å². The van der Waals surface area contributed by atoms with Gasteiger partial charge in [-0.15, -0.1) is 0 Å². The Morgan fingerprint density at radius 1 is 1.00 bits per heavy atom. The lowest BCUT2D eigenvalue weighted by molar-refractivity contribution is -0.159. The van der Waals surface area contributed by atoms with Crippen molar-refractivity contribution in [1.29, 1.82) is 0 Å². The van der Waals surface area contributed by atoms with E-state index in [0.29, 0.717) is 0 Å². The predicted molar refractivity (Wildman–Crippen MR) is 132 cm³/mol. The van der Waals surface area contributed by atoms with Crippen LogP contribution in [0.25, 0.3) is 16.3 Å². The number of carbonyl (C=O) groups is 2. The van der Waals surface area contributed by atoms with Gasteiger partial charge in [-0.2, -0.15) is 0 Å². The van der Waals surface area contributed by atoms with Gasteiger partial charge in [0.15, 0.2) is 0 Å². The van der Waals surface area contributed by atoms with Crippen LogP contribution in [-0.4, -0.2) is 71.9 Å². The number of aliphatic carboxylic acids is 2. The smallest absolute Gasteiger partial charge is 0.414 e. The second-order valence-electron chi connectivity index (χ2n) is 7.79. The van der Waals surface area contributed by atoms with E-state index in [1.165, 1.54) is 10.8 Å². The molecule has 0 radical (unpaired) electrons. The van der Waals surface area contributed by atoms with Gasteiger partial charge in [0.05, 0.1) is 12.8 Å². The lowest BCUT2D eigenvalue weighted by atomic mass is 10.0. The fourth-order valence-electron chi connectivity index (χ4n) is 3.79. The van der Waals surface area contributed by atoms with Gasteiger partial charge in [0, 0.05) is 37.1 Å².